The predicted molar refractivity (Wildman–Crippen MR) is 84.2 cm³/mol. The quantitative estimate of drug-likeness (QED) is 0.865. The number of morpholine rings is 1. The van der Waals surface area contributed by atoms with Crippen LogP contribution in [0.1, 0.15) is 19.4 Å². The summed E-state index contributed by atoms with van der Waals surface area (Å²) < 4.78 is 48.4. The fourth-order valence-corrected chi connectivity index (χ4v) is 2.27. The smallest absolute Gasteiger partial charge is 0.417 e. The Morgan fingerprint density at radius 3 is 2.72 bits per heavy atom. The van der Waals surface area contributed by atoms with Crippen LogP contribution in [-0.4, -0.2) is 60.8 Å². The Morgan fingerprint density at radius 2 is 2.16 bits per heavy atom. The summed E-state index contributed by atoms with van der Waals surface area (Å²) in [5.74, 6) is -0.190. The SMILES string of the molecule is CN1CCOC(C(=O)NC(C)(C)COc2ccc(C(F)(F)F)cn2)C1. The minimum atomic E-state index is -4.44. The van der Waals surface area contributed by atoms with Crippen molar-refractivity contribution >= 4 is 5.91 Å². The number of hydrogen-bond donors (Lipinski definition) is 1. The molecule has 1 N–H and O–H groups in total. The van der Waals surface area contributed by atoms with Crippen molar-refractivity contribution in [2.24, 2.45) is 0 Å². The van der Waals surface area contributed by atoms with Gasteiger partial charge in [0.15, 0.2) is 0 Å². The first-order valence-electron chi connectivity index (χ1n) is 7.85. The van der Waals surface area contributed by atoms with Crippen LogP contribution in [0.3, 0.4) is 0 Å². The molecule has 1 atom stereocenters. The Hall–Kier alpha value is -1.87. The van der Waals surface area contributed by atoms with Crippen LogP contribution in [0.25, 0.3) is 0 Å². The van der Waals surface area contributed by atoms with Gasteiger partial charge in [0.25, 0.3) is 5.91 Å². The maximum Gasteiger partial charge on any atom is 0.417 e. The van der Waals surface area contributed by atoms with Gasteiger partial charge in [-0.15, -0.1) is 0 Å². The summed E-state index contributed by atoms with van der Waals surface area (Å²) in [6.07, 6.45) is -4.28. The molecular weight excluding hydrogens is 339 g/mol. The third kappa shape index (κ3) is 5.86. The second-order valence-corrected chi connectivity index (χ2v) is 6.67. The van der Waals surface area contributed by atoms with Crippen molar-refractivity contribution in [1.82, 2.24) is 15.2 Å². The number of aromatic nitrogens is 1. The zero-order chi connectivity index (χ0) is 18.7. The zero-order valence-corrected chi connectivity index (χ0v) is 14.4. The third-order valence-electron chi connectivity index (χ3n) is 3.67. The summed E-state index contributed by atoms with van der Waals surface area (Å²) >= 11 is 0. The largest absolute Gasteiger partial charge is 0.475 e. The highest BCUT2D eigenvalue weighted by Crippen LogP contribution is 2.29. The third-order valence-corrected chi connectivity index (χ3v) is 3.67. The summed E-state index contributed by atoms with van der Waals surface area (Å²) in [5.41, 5.74) is -1.58. The highest BCUT2D eigenvalue weighted by molar-refractivity contribution is 5.81. The van der Waals surface area contributed by atoms with E-state index in [9.17, 15) is 18.0 Å². The van der Waals surface area contributed by atoms with Crippen molar-refractivity contribution in [2.75, 3.05) is 33.4 Å². The highest BCUT2D eigenvalue weighted by Gasteiger charge is 2.32. The van der Waals surface area contributed by atoms with Gasteiger partial charge in [-0.25, -0.2) is 4.98 Å². The first-order chi connectivity index (χ1) is 11.6. The molecule has 6 nitrogen and oxygen atoms in total. The molecule has 1 aliphatic heterocycles. The van der Waals surface area contributed by atoms with E-state index in [-0.39, 0.29) is 18.4 Å². The van der Waals surface area contributed by atoms with Crippen molar-refractivity contribution in [3.05, 3.63) is 23.9 Å². The van der Waals surface area contributed by atoms with E-state index >= 15 is 0 Å². The van der Waals surface area contributed by atoms with Crippen LogP contribution in [0, 0.1) is 0 Å². The Labute approximate surface area is 144 Å². The van der Waals surface area contributed by atoms with Crippen molar-refractivity contribution < 1.29 is 27.4 Å². The van der Waals surface area contributed by atoms with Crippen molar-refractivity contribution in [3.8, 4) is 5.88 Å². The van der Waals surface area contributed by atoms with Crippen LogP contribution in [0.2, 0.25) is 0 Å². The molecule has 0 aliphatic carbocycles. The molecule has 1 amide bonds. The van der Waals surface area contributed by atoms with E-state index in [4.69, 9.17) is 9.47 Å². The van der Waals surface area contributed by atoms with Gasteiger partial charge in [-0.2, -0.15) is 13.2 Å². The molecule has 2 rings (SSSR count). The van der Waals surface area contributed by atoms with Gasteiger partial charge in [0.2, 0.25) is 5.88 Å². The van der Waals surface area contributed by atoms with Gasteiger partial charge in [0.05, 0.1) is 17.7 Å². The van der Waals surface area contributed by atoms with E-state index in [0.29, 0.717) is 19.3 Å². The topological polar surface area (TPSA) is 63.7 Å². The molecule has 9 heteroatoms. The Balaban J connectivity index is 1.87. The number of amides is 1. The van der Waals surface area contributed by atoms with Crippen LogP contribution >= 0.6 is 0 Å². The van der Waals surface area contributed by atoms with E-state index in [2.05, 4.69) is 10.3 Å². The van der Waals surface area contributed by atoms with Crippen LogP contribution in [0.15, 0.2) is 18.3 Å². The molecule has 0 aromatic carbocycles. The Morgan fingerprint density at radius 1 is 1.44 bits per heavy atom. The number of alkyl halides is 3. The van der Waals surface area contributed by atoms with Crippen LogP contribution in [0.4, 0.5) is 13.2 Å². The van der Waals surface area contributed by atoms with Crippen molar-refractivity contribution in [3.63, 3.8) is 0 Å². The Kier molecular flexibility index (Phi) is 5.89. The number of halogens is 3. The average Bonchev–Trinajstić information content (AvgIpc) is 2.52. The number of carbonyl (C=O) groups is 1. The maximum atomic E-state index is 12.5. The highest BCUT2D eigenvalue weighted by atomic mass is 19.4. The van der Waals surface area contributed by atoms with E-state index in [1.807, 2.05) is 11.9 Å². The lowest BCUT2D eigenvalue weighted by molar-refractivity contribution is -0.140. The molecule has 1 fully saturated rings. The number of carbonyl (C=O) groups excluding carboxylic acids is 1. The fraction of sp³-hybridized carbons (Fsp3) is 0.625. The van der Waals surface area contributed by atoms with E-state index in [1.165, 1.54) is 0 Å². The van der Waals surface area contributed by atoms with Gasteiger partial charge in [0, 0.05) is 25.4 Å². The molecule has 25 heavy (non-hydrogen) atoms. The maximum absolute atomic E-state index is 12.5. The monoisotopic (exact) mass is 361 g/mol. The summed E-state index contributed by atoms with van der Waals surface area (Å²) in [5, 5.41) is 2.83. The van der Waals surface area contributed by atoms with Crippen LogP contribution in [0.5, 0.6) is 5.88 Å². The second kappa shape index (κ2) is 7.57. The zero-order valence-electron chi connectivity index (χ0n) is 14.4. The van der Waals surface area contributed by atoms with Gasteiger partial charge in [-0.1, -0.05) is 0 Å². The Bertz CT molecular complexity index is 591. The van der Waals surface area contributed by atoms with Gasteiger partial charge < -0.3 is 19.7 Å². The van der Waals surface area contributed by atoms with Crippen molar-refractivity contribution in [2.45, 2.75) is 31.7 Å². The molecule has 0 saturated carbocycles. The average molecular weight is 361 g/mol. The van der Waals surface area contributed by atoms with Gasteiger partial charge in [-0.3, -0.25) is 4.79 Å². The van der Waals surface area contributed by atoms with Gasteiger partial charge in [0.1, 0.15) is 12.7 Å². The predicted octanol–water partition coefficient (Wildman–Crippen LogP) is 1.70. The second-order valence-electron chi connectivity index (χ2n) is 6.67. The number of nitrogens with one attached hydrogen (secondary N) is 1. The minimum absolute atomic E-state index is 0.0552. The summed E-state index contributed by atoms with van der Waals surface area (Å²) in [7, 11) is 1.91. The minimum Gasteiger partial charge on any atom is -0.475 e. The molecule has 1 unspecified atom stereocenters. The first-order valence-corrected chi connectivity index (χ1v) is 7.85. The number of ether oxygens (including phenoxy) is 2. The molecule has 1 aromatic heterocycles. The fourth-order valence-electron chi connectivity index (χ4n) is 2.27. The summed E-state index contributed by atoms with van der Waals surface area (Å²) in [4.78, 5) is 17.9. The first kappa shape index (κ1) is 19.5. The van der Waals surface area contributed by atoms with Gasteiger partial charge >= 0.3 is 6.18 Å². The number of pyridine rings is 1. The molecule has 1 saturated heterocycles. The number of hydrogen-bond acceptors (Lipinski definition) is 5. The van der Waals surface area contributed by atoms with E-state index in [1.54, 1.807) is 13.8 Å². The number of nitrogens with zero attached hydrogens (tertiary/aromatic N) is 2. The molecule has 2 heterocycles. The van der Waals surface area contributed by atoms with Crippen LogP contribution < -0.4 is 10.1 Å². The van der Waals surface area contributed by atoms with E-state index < -0.39 is 23.4 Å². The lowest BCUT2D eigenvalue weighted by Crippen LogP contribution is -2.55. The van der Waals surface area contributed by atoms with Crippen molar-refractivity contribution in [1.29, 1.82) is 0 Å². The molecule has 140 valence electrons. The number of likely N-dealkylation sites (N-methyl/N-ethyl adjacent to an activating group) is 1. The van der Waals surface area contributed by atoms with Crippen LogP contribution in [-0.2, 0) is 15.7 Å². The molecule has 1 aromatic rings. The molecule has 0 spiro atoms. The van der Waals surface area contributed by atoms with Gasteiger partial charge in [-0.05, 0) is 27.0 Å². The number of rotatable bonds is 5. The molecule has 1 aliphatic rings. The summed E-state index contributed by atoms with van der Waals surface area (Å²) in [6.45, 7) is 5.32. The normalized spacial score (nSPS) is 19.5. The lowest BCUT2D eigenvalue weighted by Gasteiger charge is -2.32. The summed E-state index contributed by atoms with van der Waals surface area (Å²) in [6, 6.07) is 2.06. The van der Waals surface area contributed by atoms with E-state index in [0.717, 1.165) is 18.7 Å². The standard InChI is InChI=1S/C16H22F3N3O3/c1-15(2,21-14(23)12-9-22(3)6-7-24-12)10-25-13-5-4-11(8-20-13)16(17,18)19/h4-5,8,12H,6-7,9-10H2,1-3H3,(H,21,23). The molecule has 0 bridgehead atoms. The molecular formula is C16H22F3N3O3. The lowest BCUT2D eigenvalue weighted by atomic mass is 10.1. The molecule has 0 radical (unpaired) electrons.